The van der Waals surface area contributed by atoms with Gasteiger partial charge < -0.3 is 14.2 Å². The molecule has 0 radical (unpaired) electrons. The van der Waals surface area contributed by atoms with E-state index in [4.69, 9.17) is 19.3 Å². The third-order valence-electron chi connectivity index (χ3n) is 6.97. The van der Waals surface area contributed by atoms with E-state index in [0.717, 1.165) is 39.4 Å². The van der Waals surface area contributed by atoms with Crippen molar-refractivity contribution in [1.82, 2.24) is 24.4 Å². The number of methoxy groups -OCH3 is 1. The molecule has 0 bridgehead atoms. The van der Waals surface area contributed by atoms with Gasteiger partial charge in [0.15, 0.2) is 17.3 Å². The lowest BCUT2D eigenvalue weighted by Gasteiger charge is -2.13. The molecule has 0 saturated heterocycles. The molecule has 0 amide bonds. The van der Waals surface area contributed by atoms with Gasteiger partial charge in [-0.3, -0.25) is 4.79 Å². The van der Waals surface area contributed by atoms with Crippen molar-refractivity contribution in [1.29, 1.82) is 0 Å². The number of nitrogens with zero attached hydrogens (tertiary/aromatic N) is 5. The maximum atomic E-state index is 13.5. The van der Waals surface area contributed by atoms with Crippen molar-refractivity contribution in [2.24, 2.45) is 0 Å². The molecule has 0 aliphatic rings. The second kappa shape index (κ2) is 12.8. The van der Waals surface area contributed by atoms with E-state index < -0.39 is 0 Å². The Kier molecular flexibility index (Phi) is 8.48. The predicted octanol–water partition coefficient (Wildman–Crippen LogP) is 6.22. The van der Waals surface area contributed by atoms with Gasteiger partial charge in [-0.25, -0.2) is 4.68 Å². The summed E-state index contributed by atoms with van der Waals surface area (Å²) in [6, 6.07) is 21.6. The van der Waals surface area contributed by atoms with Gasteiger partial charge in [-0.15, -0.1) is 5.10 Å². The Balaban J connectivity index is 1.36. The molecule has 0 aliphatic heterocycles. The van der Waals surface area contributed by atoms with Gasteiger partial charge in [-0.1, -0.05) is 41.7 Å². The first-order valence-electron chi connectivity index (χ1n) is 14.7. The number of rotatable bonds is 10. The van der Waals surface area contributed by atoms with Crippen molar-refractivity contribution in [2.45, 2.75) is 33.8 Å². The minimum Gasteiger partial charge on any atom is -0.493 e. The number of aromatic nitrogens is 5. The van der Waals surface area contributed by atoms with Gasteiger partial charge in [0.1, 0.15) is 11.4 Å². The first-order chi connectivity index (χ1) is 21.8. The van der Waals surface area contributed by atoms with Gasteiger partial charge >= 0.3 is 0 Å². The van der Waals surface area contributed by atoms with Gasteiger partial charge in [-0.05, 0) is 93.4 Å². The fourth-order valence-electron chi connectivity index (χ4n) is 4.91. The highest BCUT2D eigenvalue weighted by Crippen LogP contribution is 2.30. The molecule has 0 atom stereocenters. The van der Waals surface area contributed by atoms with E-state index >= 15 is 0 Å². The fraction of sp³-hybridized carbons (Fsp3) is 0.200. The highest BCUT2D eigenvalue weighted by Gasteiger charge is 2.15. The highest BCUT2D eigenvalue weighted by molar-refractivity contribution is 7.15. The van der Waals surface area contributed by atoms with Gasteiger partial charge in [0.2, 0.25) is 4.96 Å². The van der Waals surface area contributed by atoms with Gasteiger partial charge in [0.25, 0.3) is 5.56 Å². The Morgan fingerprint density at radius 1 is 0.956 bits per heavy atom. The minimum atomic E-state index is -0.236. The monoisotopic (exact) mass is 619 g/mol. The Labute approximate surface area is 264 Å². The third-order valence-corrected chi connectivity index (χ3v) is 7.93. The molecule has 9 nitrogen and oxygen atoms in total. The van der Waals surface area contributed by atoms with Crippen LogP contribution in [0, 0.1) is 6.92 Å². The molecule has 10 heteroatoms. The maximum Gasteiger partial charge on any atom is 0.291 e. The van der Waals surface area contributed by atoms with E-state index in [2.05, 4.69) is 16.1 Å². The number of ether oxygens (including phenoxy) is 3. The maximum absolute atomic E-state index is 13.5. The van der Waals surface area contributed by atoms with Crippen molar-refractivity contribution >= 4 is 34.5 Å². The third kappa shape index (κ3) is 6.37. The van der Waals surface area contributed by atoms with Crippen molar-refractivity contribution in [2.75, 3.05) is 13.7 Å². The summed E-state index contributed by atoms with van der Waals surface area (Å²) in [4.78, 5) is 18.6. The molecular weight excluding hydrogens is 586 g/mol. The molecule has 0 unspecified atom stereocenters. The van der Waals surface area contributed by atoms with Crippen LogP contribution in [0.1, 0.15) is 43.3 Å². The highest BCUT2D eigenvalue weighted by atomic mass is 32.1. The largest absolute Gasteiger partial charge is 0.493 e. The summed E-state index contributed by atoms with van der Waals surface area (Å²) >= 11 is 1.29. The summed E-state index contributed by atoms with van der Waals surface area (Å²) in [5.74, 6) is 2.60. The number of para-hydroxylation sites is 1. The molecule has 0 fully saturated rings. The van der Waals surface area contributed by atoms with Crippen LogP contribution in [0.5, 0.6) is 17.2 Å². The lowest BCUT2D eigenvalue weighted by Crippen LogP contribution is -2.23. The van der Waals surface area contributed by atoms with Gasteiger partial charge in [-0.2, -0.15) is 14.6 Å². The van der Waals surface area contributed by atoms with E-state index in [1.807, 2.05) is 111 Å². The average molecular weight is 620 g/mol. The van der Waals surface area contributed by atoms with Crippen LogP contribution in [-0.4, -0.2) is 44.2 Å². The van der Waals surface area contributed by atoms with Crippen molar-refractivity contribution in [3.8, 4) is 34.2 Å². The number of benzene rings is 3. The lowest BCUT2D eigenvalue weighted by atomic mass is 10.0. The van der Waals surface area contributed by atoms with E-state index in [0.29, 0.717) is 33.4 Å². The Morgan fingerprint density at radius 2 is 1.76 bits per heavy atom. The first-order valence-corrected chi connectivity index (χ1v) is 15.5. The SMILES string of the molecule is CCOc1ccc(/C=C/c2nc3s/c(=C\c4cn(-c5ccccc5)nc4-c4ccc(OC(C)C)c(C)c4)c(=O)n3n2)cc1OC. The summed E-state index contributed by atoms with van der Waals surface area (Å²) in [5, 5.41) is 9.39. The zero-order valence-corrected chi connectivity index (χ0v) is 26.5. The number of hydrogen-bond acceptors (Lipinski definition) is 8. The number of fused-ring (bicyclic) bond motifs is 1. The molecular formula is C35H33N5O4S. The van der Waals surface area contributed by atoms with Crippen LogP contribution in [0.25, 0.3) is 40.1 Å². The van der Waals surface area contributed by atoms with Crippen LogP contribution >= 0.6 is 11.3 Å². The van der Waals surface area contributed by atoms with Gasteiger partial charge in [0, 0.05) is 17.3 Å². The molecule has 0 spiro atoms. The quantitative estimate of drug-likeness (QED) is 0.180. The molecule has 0 N–H and O–H groups in total. The molecule has 3 aromatic heterocycles. The normalized spacial score (nSPS) is 12.1. The molecule has 3 heterocycles. The van der Waals surface area contributed by atoms with Crippen LogP contribution in [0.15, 0.2) is 77.7 Å². The van der Waals surface area contributed by atoms with Crippen molar-refractivity contribution < 1.29 is 14.2 Å². The first kappa shape index (κ1) is 29.8. The van der Waals surface area contributed by atoms with E-state index in [1.54, 1.807) is 13.2 Å². The van der Waals surface area contributed by atoms with Crippen molar-refractivity contribution in [3.63, 3.8) is 0 Å². The molecule has 3 aromatic carbocycles. The van der Waals surface area contributed by atoms with Crippen LogP contribution in [0.3, 0.4) is 0 Å². The van der Waals surface area contributed by atoms with E-state index in [1.165, 1.54) is 15.9 Å². The smallest absolute Gasteiger partial charge is 0.291 e. The van der Waals surface area contributed by atoms with Crippen LogP contribution in [0.2, 0.25) is 0 Å². The van der Waals surface area contributed by atoms with Crippen molar-refractivity contribution in [3.05, 3.63) is 110 Å². The second-order valence-corrected chi connectivity index (χ2v) is 11.6. The average Bonchev–Trinajstić information content (AvgIpc) is 3.72. The van der Waals surface area contributed by atoms with E-state index in [9.17, 15) is 4.79 Å². The summed E-state index contributed by atoms with van der Waals surface area (Å²) in [6.45, 7) is 8.51. The molecule has 228 valence electrons. The summed E-state index contributed by atoms with van der Waals surface area (Å²) in [7, 11) is 1.61. The standard InChI is InChI=1S/C35H33N5O4S/c1-6-43-29-15-12-24(19-30(29)42-5)13-17-32-36-35-40(37-32)34(41)31(45-35)20-26-21-39(27-10-8-7-9-11-27)38-33(26)25-14-16-28(23(4)18-25)44-22(2)3/h7-22H,6H2,1-5H3/b17-13+,31-20-. The number of hydrogen-bond donors (Lipinski definition) is 0. The van der Waals surface area contributed by atoms with Crippen LogP contribution < -0.4 is 24.3 Å². The summed E-state index contributed by atoms with van der Waals surface area (Å²) < 4.78 is 20.7. The van der Waals surface area contributed by atoms with Crippen LogP contribution in [-0.2, 0) is 0 Å². The molecule has 0 saturated carbocycles. The molecule has 0 aliphatic carbocycles. The Morgan fingerprint density at radius 3 is 2.47 bits per heavy atom. The Hall–Kier alpha value is -5.22. The number of thiazole rings is 1. The minimum absolute atomic E-state index is 0.0734. The topological polar surface area (TPSA) is 92.8 Å². The molecule has 45 heavy (non-hydrogen) atoms. The van der Waals surface area contributed by atoms with E-state index in [-0.39, 0.29) is 11.7 Å². The summed E-state index contributed by atoms with van der Waals surface area (Å²) in [5.41, 5.74) is 5.07. The zero-order chi connectivity index (χ0) is 31.5. The lowest BCUT2D eigenvalue weighted by molar-refractivity contribution is 0.241. The fourth-order valence-corrected chi connectivity index (χ4v) is 5.81. The van der Waals surface area contributed by atoms with Gasteiger partial charge in [0.05, 0.1) is 30.0 Å². The zero-order valence-electron chi connectivity index (χ0n) is 25.7. The molecule has 6 aromatic rings. The summed E-state index contributed by atoms with van der Waals surface area (Å²) in [6.07, 6.45) is 7.52. The van der Waals surface area contributed by atoms with Crippen LogP contribution in [0.4, 0.5) is 0 Å². The Bertz CT molecular complexity index is 2110. The number of aryl methyl sites for hydroxylation is 1. The second-order valence-electron chi connectivity index (χ2n) is 10.6. The molecule has 6 rings (SSSR count). The predicted molar refractivity (Wildman–Crippen MR) is 179 cm³/mol.